The summed E-state index contributed by atoms with van der Waals surface area (Å²) in [6.45, 7) is 2.40. The van der Waals surface area contributed by atoms with Crippen molar-refractivity contribution in [1.82, 2.24) is 20.2 Å². The first kappa shape index (κ1) is 18.6. The first-order valence-electron chi connectivity index (χ1n) is 7.49. The minimum Gasteiger partial charge on any atom is -0.494 e. The first-order chi connectivity index (χ1) is 11.9. The predicted molar refractivity (Wildman–Crippen MR) is 90.0 cm³/mol. The third-order valence-electron chi connectivity index (χ3n) is 3.06. The normalized spacial score (nSPS) is 11.1. The highest BCUT2D eigenvalue weighted by molar-refractivity contribution is 7.89. The SMILES string of the molecule is CCOc1ccc(S(=O)(=O)NCCNC(=O)c2ccc(=O)[nH]n2)cc1. The van der Waals surface area contributed by atoms with Crippen LogP contribution in [0.15, 0.2) is 46.1 Å². The third kappa shape index (κ3) is 5.40. The van der Waals surface area contributed by atoms with Gasteiger partial charge in [0.15, 0.2) is 0 Å². The number of carbonyl (C=O) groups is 1. The molecule has 3 N–H and O–H groups in total. The van der Waals surface area contributed by atoms with Crippen molar-refractivity contribution < 1.29 is 17.9 Å². The van der Waals surface area contributed by atoms with Gasteiger partial charge in [-0.15, -0.1) is 0 Å². The average molecular weight is 366 g/mol. The van der Waals surface area contributed by atoms with Crippen molar-refractivity contribution in [2.45, 2.75) is 11.8 Å². The summed E-state index contributed by atoms with van der Waals surface area (Å²) < 4.78 is 31.9. The average Bonchev–Trinajstić information content (AvgIpc) is 2.60. The molecule has 0 saturated carbocycles. The number of nitrogens with one attached hydrogen (secondary N) is 3. The number of hydrogen-bond acceptors (Lipinski definition) is 6. The molecule has 134 valence electrons. The minimum absolute atomic E-state index is 0.00460. The van der Waals surface area contributed by atoms with E-state index in [0.29, 0.717) is 12.4 Å². The molecule has 0 aliphatic rings. The topological polar surface area (TPSA) is 130 Å². The number of H-pyrrole nitrogens is 1. The van der Waals surface area contributed by atoms with Crippen LogP contribution in [0, 0.1) is 0 Å². The molecular weight excluding hydrogens is 348 g/mol. The summed E-state index contributed by atoms with van der Waals surface area (Å²) in [6.07, 6.45) is 0. The molecule has 1 aromatic heterocycles. The molecule has 10 heteroatoms. The lowest BCUT2D eigenvalue weighted by Crippen LogP contribution is -2.35. The van der Waals surface area contributed by atoms with Gasteiger partial charge in [0.2, 0.25) is 10.0 Å². The van der Waals surface area contributed by atoms with Gasteiger partial charge < -0.3 is 10.1 Å². The van der Waals surface area contributed by atoms with Crippen LogP contribution in [0.2, 0.25) is 0 Å². The Morgan fingerprint density at radius 3 is 2.48 bits per heavy atom. The largest absolute Gasteiger partial charge is 0.494 e. The van der Waals surface area contributed by atoms with Gasteiger partial charge in [-0.3, -0.25) is 9.59 Å². The van der Waals surface area contributed by atoms with Crippen LogP contribution >= 0.6 is 0 Å². The third-order valence-corrected chi connectivity index (χ3v) is 4.54. The summed E-state index contributed by atoms with van der Waals surface area (Å²) in [5, 5.41) is 8.22. The number of aromatic nitrogens is 2. The smallest absolute Gasteiger partial charge is 0.271 e. The van der Waals surface area contributed by atoms with Crippen LogP contribution in [0.3, 0.4) is 0 Å². The van der Waals surface area contributed by atoms with E-state index in [9.17, 15) is 18.0 Å². The standard InChI is InChI=1S/C15H18N4O5S/c1-2-24-11-3-5-12(6-4-11)25(22,23)17-10-9-16-15(21)13-7-8-14(20)19-18-13/h3-8,17H,2,9-10H2,1H3,(H,16,21)(H,19,20). The second-order valence-corrected chi connectivity index (χ2v) is 6.63. The van der Waals surface area contributed by atoms with E-state index >= 15 is 0 Å². The fraction of sp³-hybridized carbons (Fsp3) is 0.267. The van der Waals surface area contributed by atoms with E-state index < -0.39 is 21.5 Å². The van der Waals surface area contributed by atoms with Crippen molar-refractivity contribution >= 4 is 15.9 Å². The van der Waals surface area contributed by atoms with Crippen LogP contribution < -0.4 is 20.3 Å². The Hall–Kier alpha value is -2.72. The van der Waals surface area contributed by atoms with E-state index in [4.69, 9.17) is 4.74 Å². The van der Waals surface area contributed by atoms with Crippen LogP contribution in [0.4, 0.5) is 0 Å². The molecule has 0 saturated heterocycles. The first-order valence-corrected chi connectivity index (χ1v) is 8.97. The van der Waals surface area contributed by atoms with E-state index in [1.165, 1.54) is 24.3 Å². The maximum absolute atomic E-state index is 12.1. The van der Waals surface area contributed by atoms with Gasteiger partial charge in [-0.2, -0.15) is 5.10 Å². The summed E-state index contributed by atoms with van der Waals surface area (Å²) in [5.74, 6) is 0.0682. The number of benzene rings is 1. The van der Waals surface area contributed by atoms with Gasteiger partial charge in [0, 0.05) is 19.2 Å². The highest BCUT2D eigenvalue weighted by atomic mass is 32.2. The molecule has 25 heavy (non-hydrogen) atoms. The van der Waals surface area contributed by atoms with Crippen molar-refractivity contribution in [3.63, 3.8) is 0 Å². The fourth-order valence-electron chi connectivity index (χ4n) is 1.89. The summed E-state index contributed by atoms with van der Waals surface area (Å²) in [4.78, 5) is 22.7. The van der Waals surface area contributed by atoms with Gasteiger partial charge in [0.05, 0.1) is 11.5 Å². The maximum Gasteiger partial charge on any atom is 0.271 e. The van der Waals surface area contributed by atoms with Gasteiger partial charge in [-0.25, -0.2) is 18.2 Å². The zero-order valence-corrected chi connectivity index (χ0v) is 14.3. The molecule has 0 bridgehead atoms. The van der Waals surface area contributed by atoms with E-state index in [1.54, 1.807) is 12.1 Å². The van der Waals surface area contributed by atoms with Gasteiger partial charge in [0.1, 0.15) is 11.4 Å². The van der Waals surface area contributed by atoms with Crippen molar-refractivity contribution in [3.8, 4) is 5.75 Å². The molecule has 0 aliphatic heterocycles. The molecule has 0 radical (unpaired) electrons. The number of hydrogen-bond donors (Lipinski definition) is 3. The number of ether oxygens (including phenoxy) is 1. The van der Waals surface area contributed by atoms with Crippen LogP contribution in [0.5, 0.6) is 5.75 Å². The zero-order chi connectivity index (χ0) is 18.3. The lowest BCUT2D eigenvalue weighted by Gasteiger charge is -2.09. The molecule has 9 nitrogen and oxygen atoms in total. The molecule has 1 aromatic carbocycles. The molecule has 0 aliphatic carbocycles. The summed E-state index contributed by atoms with van der Waals surface area (Å²) in [7, 11) is -3.68. The van der Waals surface area contributed by atoms with Gasteiger partial charge in [-0.05, 0) is 37.3 Å². The van der Waals surface area contributed by atoms with Crippen LogP contribution in [0.1, 0.15) is 17.4 Å². The molecule has 0 spiro atoms. The lowest BCUT2D eigenvalue weighted by atomic mass is 10.3. The quantitative estimate of drug-likeness (QED) is 0.558. The molecular formula is C15H18N4O5S. The van der Waals surface area contributed by atoms with E-state index in [-0.39, 0.29) is 23.7 Å². The number of aromatic amines is 1. The lowest BCUT2D eigenvalue weighted by molar-refractivity contribution is 0.0948. The molecule has 1 amide bonds. The number of amides is 1. The van der Waals surface area contributed by atoms with Gasteiger partial charge in [0.25, 0.3) is 11.5 Å². The Kier molecular flexibility index (Phi) is 6.25. The highest BCUT2D eigenvalue weighted by Crippen LogP contribution is 2.15. The maximum atomic E-state index is 12.1. The van der Waals surface area contributed by atoms with Crippen LogP contribution in [0.25, 0.3) is 0 Å². The Morgan fingerprint density at radius 2 is 1.88 bits per heavy atom. The second-order valence-electron chi connectivity index (χ2n) is 4.86. The van der Waals surface area contributed by atoms with Crippen molar-refractivity contribution in [2.75, 3.05) is 19.7 Å². The second kappa shape index (κ2) is 8.40. The molecule has 0 atom stereocenters. The number of carbonyl (C=O) groups excluding carboxylic acids is 1. The summed E-state index contributed by atoms with van der Waals surface area (Å²) in [6, 6.07) is 8.48. The highest BCUT2D eigenvalue weighted by Gasteiger charge is 2.14. The van der Waals surface area contributed by atoms with Crippen molar-refractivity contribution in [3.05, 3.63) is 52.4 Å². The van der Waals surface area contributed by atoms with E-state index in [2.05, 4.69) is 20.2 Å². The van der Waals surface area contributed by atoms with Gasteiger partial charge >= 0.3 is 0 Å². The number of sulfonamides is 1. The molecule has 1 heterocycles. The summed E-state index contributed by atoms with van der Waals surface area (Å²) >= 11 is 0. The van der Waals surface area contributed by atoms with Crippen LogP contribution in [-0.2, 0) is 10.0 Å². The minimum atomic E-state index is -3.68. The Balaban J connectivity index is 1.84. The molecule has 0 unspecified atom stereocenters. The number of nitrogens with zero attached hydrogens (tertiary/aromatic N) is 1. The van der Waals surface area contributed by atoms with Crippen molar-refractivity contribution in [1.29, 1.82) is 0 Å². The Bertz CT molecular complexity index is 857. The Morgan fingerprint density at radius 1 is 1.16 bits per heavy atom. The van der Waals surface area contributed by atoms with E-state index in [0.717, 1.165) is 0 Å². The summed E-state index contributed by atoms with van der Waals surface area (Å²) in [5.41, 5.74) is -0.381. The van der Waals surface area contributed by atoms with E-state index in [1.807, 2.05) is 6.92 Å². The molecule has 2 aromatic rings. The predicted octanol–water partition coefficient (Wildman–Crippen LogP) is -0.123. The van der Waals surface area contributed by atoms with Gasteiger partial charge in [-0.1, -0.05) is 0 Å². The monoisotopic (exact) mass is 366 g/mol. The molecule has 0 fully saturated rings. The van der Waals surface area contributed by atoms with Crippen molar-refractivity contribution in [2.24, 2.45) is 0 Å². The number of rotatable bonds is 8. The molecule has 2 rings (SSSR count). The zero-order valence-electron chi connectivity index (χ0n) is 13.5. The van der Waals surface area contributed by atoms with Crippen LogP contribution in [-0.4, -0.2) is 44.2 Å². The fourth-order valence-corrected chi connectivity index (χ4v) is 2.92. The Labute approximate surface area is 144 Å².